The average Bonchev–Trinajstić information content (AvgIpc) is 2.79. The Morgan fingerprint density at radius 3 is 2.39 bits per heavy atom. The summed E-state index contributed by atoms with van der Waals surface area (Å²) in [6, 6.07) is 12.1. The standard InChI is InChI=1S/C26H37NO4/c1-19(2)25-23(12-13-24(30-5)26(25)31-6)21(18-28)10-8-15-27(3)16-14-20-9-7-11-22(17-20)29-4/h7,9,11-13,17-19,21H,8,10,14-16H2,1-6H3. The fourth-order valence-electron chi connectivity index (χ4n) is 4.02. The maximum atomic E-state index is 12.0. The van der Waals surface area contributed by atoms with E-state index in [1.807, 2.05) is 24.3 Å². The van der Waals surface area contributed by atoms with Gasteiger partial charge in [0.1, 0.15) is 12.0 Å². The first kappa shape index (κ1) is 24.7. The number of ether oxygens (including phenoxy) is 3. The molecule has 5 heteroatoms. The lowest BCUT2D eigenvalue weighted by Gasteiger charge is -2.23. The highest BCUT2D eigenvalue weighted by Gasteiger charge is 2.23. The molecule has 0 N–H and O–H groups in total. The van der Waals surface area contributed by atoms with E-state index in [0.29, 0.717) is 5.75 Å². The molecule has 0 radical (unpaired) electrons. The first-order chi connectivity index (χ1) is 14.9. The summed E-state index contributed by atoms with van der Waals surface area (Å²) >= 11 is 0. The molecule has 0 aliphatic carbocycles. The van der Waals surface area contributed by atoms with Crippen LogP contribution in [0.15, 0.2) is 36.4 Å². The van der Waals surface area contributed by atoms with Crippen molar-refractivity contribution in [3.05, 3.63) is 53.1 Å². The van der Waals surface area contributed by atoms with E-state index in [1.165, 1.54) is 5.56 Å². The van der Waals surface area contributed by atoms with Gasteiger partial charge in [-0.15, -0.1) is 0 Å². The molecule has 2 aromatic rings. The average molecular weight is 428 g/mol. The monoisotopic (exact) mass is 427 g/mol. The van der Waals surface area contributed by atoms with Gasteiger partial charge in [-0.25, -0.2) is 0 Å². The Kier molecular flexibility index (Phi) is 9.86. The minimum atomic E-state index is -0.149. The summed E-state index contributed by atoms with van der Waals surface area (Å²) in [4.78, 5) is 14.3. The zero-order valence-corrected chi connectivity index (χ0v) is 19.8. The van der Waals surface area contributed by atoms with Gasteiger partial charge >= 0.3 is 0 Å². The second-order valence-corrected chi connectivity index (χ2v) is 8.25. The van der Waals surface area contributed by atoms with Crippen molar-refractivity contribution in [2.24, 2.45) is 0 Å². The van der Waals surface area contributed by atoms with Crippen LogP contribution in [0.1, 0.15) is 55.2 Å². The van der Waals surface area contributed by atoms with Crippen molar-refractivity contribution in [1.29, 1.82) is 0 Å². The van der Waals surface area contributed by atoms with Crippen LogP contribution in [0.5, 0.6) is 17.2 Å². The fourth-order valence-corrected chi connectivity index (χ4v) is 4.02. The number of nitrogens with zero attached hydrogens (tertiary/aromatic N) is 1. The number of carbonyl (C=O) groups excluding carboxylic acids is 1. The molecular weight excluding hydrogens is 390 g/mol. The van der Waals surface area contributed by atoms with Gasteiger partial charge in [0.25, 0.3) is 0 Å². The number of benzene rings is 2. The van der Waals surface area contributed by atoms with Gasteiger partial charge in [0.05, 0.1) is 21.3 Å². The zero-order chi connectivity index (χ0) is 22.8. The van der Waals surface area contributed by atoms with Crippen LogP contribution in [-0.2, 0) is 11.2 Å². The van der Waals surface area contributed by atoms with Crippen LogP contribution in [0.25, 0.3) is 0 Å². The molecule has 1 atom stereocenters. The normalized spacial score (nSPS) is 12.1. The molecule has 2 aromatic carbocycles. The third-order valence-corrected chi connectivity index (χ3v) is 5.73. The maximum Gasteiger partial charge on any atom is 0.164 e. The van der Waals surface area contributed by atoms with E-state index >= 15 is 0 Å². The quantitative estimate of drug-likeness (QED) is 0.418. The van der Waals surface area contributed by atoms with E-state index in [1.54, 1.807) is 21.3 Å². The zero-order valence-electron chi connectivity index (χ0n) is 19.8. The molecule has 0 spiro atoms. The summed E-state index contributed by atoms with van der Waals surface area (Å²) in [5.41, 5.74) is 3.37. The van der Waals surface area contributed by atoms with Crippen molar-refractivity contribution in [3.63, 3.8) is 0 Å². The second-order valence-electron chi connectivity index (χ2n) is 8.25. The number of rotatable bonds is 13. The van der Waals surface area contributed by atoms with Crippen molar-refractivity contribution in [2.45, 2.75) is 44.9 Å². The largest absolute Gasteiger partial charge is 0.497 e. The van der Waals surface area contributed by atoms with E-state index < -0.39 is 0 Å². The van der Waals surface area contributed by atoms with Crippen LogP contribution in [-0.4, -0.2) is 52.7 Å². The van der Waals surface area contributed by atoms with E-state index in [0.717, 1.165) is 61.3 Å². The lowest BCUT2D eigenvalue weighted by atomic mass is 9.86. The molecule has 2 rings (SSSR count). The Bertz CT molecular complexity index is 834. The van der Waals surface area contributed by atoms with Gasteiger partial charge in [-0.1, -0.05) is 32.0 Å². The van der Waals surface area contributed by atoms with E-state index in [4.69, 9.17) is 14.2 Å². The van der Waals surface area contributed by atoms with Crippen molar-refractivity contribution >= 4 is 6.29 Å². The lowest BCUT2D eigenvalue weighted by Crippen LogP contribution is -2.23. The molecule has 31 heavy (non-hydrogen) atoms. The van der Waals surface area contributed by atoms with E-state index in [2.05, 4.69) is 37.9 Å². The SMILES string of the molecule is COc1cccc(CCN(C)CCCC(C=O)c2ccc(OC)c(OC)c2C(C)C)c1. The molecule has 0 fully saturated rings. The number of methoxy groups -OCH3 is 3. The number of likely N-dealkylation sites (N-methyl/N-ethyl adjacent to an activating group) is 1. The molecule has 1 unspecified atom stereocenters. The Hall–Kier alpha value is -2.53. The molecule has 0 aliphatic heterocycles. The highest BCUT2D eigenvalue weighted by Crippen LogP contribution is 2.41. The van der Waals surface area contributed by atoms with Crippen LogP contribution in [0, 0.1) is 0 Å². The van der Waals surface area contributed by atoms with Crippen molar-refractivity contribution in [2.75, 3.05) is 41.5 Å². The summed E-state index contributed by atoms with van der Waals surface area (Å²) < 4.78 is 16.4. The maximum absolute atomic E-state index is 12.0. The molecular formula is C26H37NO4. The highest BCUT2D eigenvalue weighted by atomic mass is 16.5. The molecule has 0 saturated carbocycles. The fraction of sp³-hybridized carbons (Fsp3) is 0.500. The molecule has 0 aromatic heterocycles. The lowest BCUT2D eigenvalue weighted by molar-refractivity contribution is -0.109. The van der Waals surface area contributed by atoms with Gasteiger partial charge in [0.15, 0.2) is 11.5 Å². The first-order valence-corrected chi connectivity index (χ1v) is 11.0. The number of hydrogen-bond donors (Lipinski definition) is 0. The van der Waals surface area contributed by atoms with Crippen LogP contribution >= 0.6 is 0 Å². The predicted octanol–water partition coefficient (Wildman–Crippen LogP) is 5.07. The van der Waals surface area contributed by atoms with Gasteiger partial charge in [-0.05, 0) is 68.1 Å². The van der Waals surface area contributed by atoms with Crippen molar-refractivity contribution in [1.82, 2.24) is 4.90 Å². The van der Waals surface area contributed by atoms with Gasteiger partial charge in [0, 0.05) is 18.0 Å². The number of carbonyl (C=O) groups is 1. The van der Waals surface area contributed by atoms with Crippen molar-refractivity contribution < 1.29 is 19.0 Å². The molecule has 170 valence electrons. The van der Waals surface area contributed by atoms with Crippen LogP contribution in [0.2, 0.25) is 0 Å². The Balaban J connectivity index is 1.98. The third kappa shape index (κ3) is 6.73. The highest BCUT2D eigenvalue weighted by molar-refractivity contribution is 5.66. The first-order valence-electron chi connectivity index (χ1n) is 11.0. The third-order valence-electron chi connectivity index (χ3n) is 5.73. The van der Waals surface area contributed by atoms with Gasteiger partial charge < -0.3 is 23.9 Å². The van der Waals surface area contributed by atoms with Crippen LogP contribution in [0.3, 0.4) is 0 Å². The van der Waals surface area contributed by atoms with E-state index in [-0.39, 0.29) is 11.8 Å². The molecule has 0 amide bonds. The van der Waals surface area contributed by atoms with Gasteiger partial charge in [0.2, 0.25) is 0 Å². The number of hydrogen-bond acceptors (Lipinski definition) is 5. The molecule has 0 bridgehead atoms. The topological polar surface area (TPSA) is 48.0 Å². The van der Waals surface area contributed by atoms with Crippen molar-refractivity contribution in [3.8, 4) is 17.2 Å². The summed E-state index contributed by atoms with van der Waals surface area (Å²) in [6.07, 6.45) is 3.80. The predicted molar refractivity (Wildman–Crippen MR) is 126 cm³/mol. The van der Waals surface area contributed by atoms with Gasteiger partial charge in [-0.3, -0.25) is 0 Å². The summed E-state index contributed by atoms with van der Waals surface area (Å²) in [7, 11) is 7.12. The van der Waals surface area contributed by atoms with Gasteiger partial charge in [-0.2, -0.15) is 0 Å². The molecule has 0 aliphatic rings. The Morgan fingerprint density at radius 1 is 1.00 bits per heavy atom. The van der Waals surface area contributed by atoms with Crippen LogP contribution < -0.4 is 14.2 Å². The molecule has 0 heterocycles. The minimum Gasteiger partial charge on any atom is -0.497 e. The Labute approximate surface area is 187 Å². The smallest absolute Gasteiger partial charge is 0.164 e. The summed E-state index contributed by atoms with van der Waals surface area (Å²) in [5, 5.41) is 0. The second kappa shape index (κ2) is 12.4. The molecule has 0 saturated heterocycles. The molecule has 5 nitrogen and oxygen atoms in total. The summed E-state index contributed by atoms with van der Waals surface area (Å²) in [5.74, 6) is 2.41. The summed E-state index contributed by atoms with van der Waals surface area (Å²) in [6.45, 7) is 6.15. The van der Waals surface area contributed by atoms with Crippen LogP contribution in [0.4, 0.5) is 0 Å². The minimum absolute atomic E-state index is 0.149. The Morgan fingerprint density at radius 2 is 1.77 bits per heavy atom. The number of aldehydes is 1. The van der Waals surface area contributed by atoms with E-state index in [9.17, 15) is 4.79 Å².